The summed E-state index contributed by atoms with van der Waals surface area (Å²) in [4.78, 5) is 5.99. The molecular formula is C17H24N2OS. The molecule has 0 radical (unpaired) electrons. The van der Waals surface area contributed by atoms with E-state index in [-0.39, 0.29) is 0 Å². The Morgan fingerprint density at radius 1 is 1.19 bits per heavy atom. The molecule has 0 bridgehead atoms. The van der Waals surface area contributed by atoms with Crippen LogP contribution in [0.5, 0.6) is 0 Å². The quantitative estimate of drug-likeness (QED) is 0.718. The highest BCUT2D eigenvalue weighted by atomic mass is 32.1. The number of rotatable bonds is 9. The van der Waals surface area contributed by atoms with Gasteiger partial charge in [-0.25, -0.2) is 0 Å². The van der Waals surface area contributed by atoms with E-state index in [1.807, 2.05) is 6.07 Å². The van der Waals surface area contributed by atoms with E-state index in [0.29, 0.717) is 12.5 Å². The van der Waals surface area contributed by atoms with Gasteiger partial charge in [-0.3, -0.25) is 4.98 Å². The summed E-state index contributed by atoms with van der Waals surface area (Å²) in [7, 11) is 0. The first-order chi connectivity index (χ1) is 10.2. The molecule has 0 aromatic carbocycles. The lowest BCUT2D eigenvalue weighted by Gasteiger charge is -2.08. The first-order valence-electron chi connectivity index (χ1n) is 7.49. The van der Waals surface area contributed by atoms with Crippen LogP contribution in [0.25, 0.3) is 0 Å². The van der Waals surface area contributed by atoms with Gasteiger partial charge >= 0.3 is 0 Å². The number of thiophene rings is 1. The summed E-state index contributed by atoms with van der Waals surface area (Å²) in [5.74, 6) is 0.661. The summed E-state index contributed by atoms with van der Waals surface area (Å²) in [5, 5.41) is 5.51. The van der Waals surface area contributed by atoms with E-state index < -0.39 is 0 Å². The smallest absolute Gasteiger partial charge is 0.0888 e. The van der Waals surface area contributed by atoms with Crippen LogP contribution in [0.4, 0.5) is 0 Å². The molecule has 0 unspecified atom stereocenters. The number of pyridine rings is 1. The third-order valence-corrected chi connectivity index (χ3v) is 3.98. The zero-order chi connectivity index (χ0) is 14.9. The molecular weight excluding hydrogens is 280 g/mol. The van der Waals surface area contributed by atoms with E-state index in [1.165, 1.54) is 4.88 Å². The van der Waals surface area contributed by atoms with Crippen LogP contribution in [0, 0.1) is 5.92 Å². The van der Waals surface area contributed by atoms with Crippen molar-refractivity contribution in [1.82, 2.24) is 10.3 Å². The van der Waals surface area contributed by atoms with Crippen LogP contribution < -0.4 is 5.32 Å². The monoisotopic (exact) mass is 304 g/mol. The van der Waals surface area contributed by atoms with Gasteiger partial charge in [0.1, 0.15) is 0 Å². The fourth-order valence-electron chi connectivity index (χ4n) is 2.00. The maximum absolute atomic E-state index is 5.71. The number of hydrogen-bond acceptors (Lipinski definition) is 4. The first-order valence-corrected chi connectivity index (χ1v) is 8.37. The molecule has 0 spiro atoms. The van der Waals surface area contributed by atoms with Crippen LogP contribution in [-0.2, 0) is 24.3 Å². The van der Waals surface area contributed by atoms with Crippen LogP contribution >= 0.6 is 11.3 Å². The van der Waals surface area contributed by atoms with Crippen molar-refractivity contribution in [3.8, 4) is 0 Å². The van der Waals surface area contributed by atoms with Crippen LogP contribution in [0.2, 0.25) is 0 Å². The normalized spacial score (nSPS) is 11.2. The Kier molecular flexibility index (Phi) is 6.86. The van der Waals surface area contributed by atoms with Gasteiger partial charge < -0.3 is 10.1 Å². The Hall–Kier alpha value is -1.23. The standard InChI is InChI=1S/C17H24N2OS/c1-14(2)11-18-12-15-5-3-6-16(19-15)13-20-9-8-17-7-4-10-21-17/h3-7,10,14,18H,8-9,11-13H2,1-2H3. The summed E-state index contributed by atoms with van der Waals surface area (Å²) in [6.07, 6.45) is 0.979. The third-order valence-electron chi connectivity index (χ3n) is 3.05. The van der Waals surface area contributed by atoms with Gasteiger partial charge in [0, 0.05) is 17.8 Å². The van der Waals surface area contributed by atoms with Gasteiger partial charge in [-0.05, 0) is 36.0 Å². The number of hydrogen-bond donors (Lipinski definition) is 1. The van der Waals surface area contributed by atoms with Crippen LogP contribution in [-0.4, -0.2) is 18.1 Å². The molecule has 1 N–H and O–H groups in total. The van der Waals surface area contributed by atoms with Crippen molar-refractivity contribution in [3.05, 3.63) is 52.0 Å². The van der Waals surface area contributed by atoms with Gasteiger partial charge in [-0.2, -0.15) is 0 Å². The molecule has 0 atom stereocenters. The van der Waals surface area contributed by atoms with E-state index in [9.17, 15) is 0 Å². The molecule has 0 saturated heterocycles. The van der Waals surface area contributed by atoms with Gasteiger partial charge in [-0.1, -0.05) is 26.0 Å². The summed E-state index contributed by atoms with van der Waals surface area (Å²) >= 11 is 1.78. The maximum Gasteiger partial charge on any atom is 0.0888 e. The molecule has 2 rings (SSSR count). The van der Waals surface area contributed by atoms with E-state index >= 15 is 0 Å². The first kappa shape index (κ1) is 16.1. The van der Waals surface area contributed by atoms with Gasteiger partial charge in [0.25, 0.3) is 0 Å². The molecule has 2 aromatic rings. The molecule has 21 heavy (non-hydrogen) atoms. The Labute approximate surface area is 131 Å². The Morgan fingerprint density at radius 3 is 2.81 bits per heavy atom. The van der Waals surface area contributed by atoms with Crippen molar-refractivity contribution in [1.29, 1.82) is 0 Å². The van der Waals surface area contributed by atoms with E-state index in [1.54, 1.807) is 11.3 Å². The highest BCUT2D eigenvalue weighted by molar-refractivity contribution is 7.09. The van der Waals surface area contributed by atoms with Crippen molar-refractivity contribution in [2.45, 2.75) is 33.4 Å². The molecule has 2 heterocycles. The largest absolute Gasteiger partial charge is 0.375 e. The highest BCUT2D eigenvalue weighted by Gasteiger charge is 2.00. The summed E-state index contributed by atoms with van der Waals surface area (Å²) in [6.45, 7) is 7.59. The summed E-state index contributed by atoms with van der Waals surface area (Å²) in [6, 6.07) is 10.4. The average molecular weight is 304 g/mol. The van der Waals surface area contributed by atoms with Crippen LogP contribution in [0.3, 0.4) is 0 Å². The molecule has 114 valence electrons. The van der Waals surface area contributed by atoms with Gasteiger partial charge in [-0.15, -0.1) is 11.3 Å². The fourth-order valence-corrected chi connectivity index (χ4v) is 2.69. The van der Waals surface area contributed by atoms with Crippen LogP contribution in [0.1, 0.15) is 30.1 Å². The molecule has 0 aliphatic heterocycles. The Bertz CT molecular complexity index is 511. The Balaban J connectivity index is 1.70. The molecule has 4 heteroatoms. The zero-order valence-electron chi connectivity index (χ0n) is 12.8. The minimum Gasteiger partial charge on any atom is -0.375 e. The summed E-state index contributed by atoms with van der Waals surface area (Å²) < 4.78 is 5.71. The van der Waals surface area contributed by atoms with Gasteiger partial charge in [0.2, 0.25) is 0 Å². The summed E-state index contributed by atoms with van der Waals surface area (Å²) in [5.41, 5.74) is 2.08. The van der Waals surface area contributed by atoms with Crippen molar-refractivity contribution >= 4 is 11.3 Å². The minimum absolute atomic E-state index is 0.587. The van der Waals surface area contributed by atoms with Crippen molar-refractivity contribution < 1.29 is 4.74 Å². The van der Waals surface area contributed by atoms with Crippen molar-refractivity contribution in [2.75, 3.05) is 13.2 Å². The fraction of sp³-hybridized carbons (Fsp3) is 0.471. The molecule has 0 aliphatic carbocycles. The predicted octanol–water partition coefficient (Wildman–Crippen LogP) is 3.65. The topological polar surface area (TPSA) is 34.1 Å². The lowest BCUT2D eigenvalue weighted by molar-refractivity contribution is 0.121. The van der Waals surface area contributed by atoms with Crippen molar-refractivity contribution in [3.63, 3.8) is 0 Å². The average Bonchev–Trinajstić information content (AvgIpc) is 2.97. The lowest BCUT2D eigenvalue weighted by atomic mass is 10.2. The lowest BCUT2D eigenvalue weighted by Crippen LogP contribution is -2.19. The zero-order valence-corrected chi connectivity index (χ0v) is 13.7. The SMILES string of the molecule is CC(C)CNCc1cccc(COCCc2cccs2)n1. The van der Waals surface area contributed by atoms with Gasteiger partial charge in [0.15, 0.2) is 0 Å². The van der Waals surface area contributed by atoms with Crippen LogP contribution in [0.15, 0.2) is 35.7 Å². The predicted molar refractivity (Wildman–Crippen MR) is 88.5 cm³/mol. The Morgan fingerprint density at radius 2 is 2.05 bits per heavy atom. The van der Waals surface area contributed by atoms with E-state index in [2.05, 4.69) is 53.8 Å². The molecule has 0 aliphatic rings. The minimum atomic E-state index is 0.587. The highest BCUT2D eigenvalue weighted by Crippen LogP contribution is 2.09. The maximum atomic E-state index is 5.71. The van der Waals surface area contributed by atoms with Crippen molar-refractivity contribution in [2.24, 2.45) is 5.92 Å². The molecule has 3 nitrogen and oxygen atoms in total. The number of nitrogens with zero attached hydrogens (tertiary/aromatic N) is 1. The number of nitrogens with one attached hydrogen (secondary N) is 1. The second-order valence-electron chi connectivity index (χ2n) is 5.53. The third kappa shape index (κ3) is 6.38. The number of ether oxygens (including phenoxy) is 1. The molecule has 0 fully saturated rings. The van der Waals surface area contributed by atoms with E-state index in [0.717, 1.165) is 37.5 Å². The molecule has 0 amide bonds. The second-order valence-corrected chi connectivity index (χ2v) is 6.56. The van der Waals surface area contributed by atoms with E-state index in [4.69, 9.17) is 4.74 Å². The second kappa shape index (κ2) is 8.93. The molecule has 0 saturated carbocycles. The molecule has 2 aromatic heterocycles. The van der Waals surface area contributed by atoms with Gasteiger partial charge in [0.05, 0.1) is 24.6 Å². The number of aromatic nitrogens is 1.